The number of likely N-dealkylation sites (tertiary alicyclic amines) is 1. The van der Waals surface area contributed by atoms with Gasteiger partial charge in [0.1, 0.15) is 5.82 Å². The highest BCUT2D eigenvalue weighted by Crippen LogP contribution is 2.39. The lowest BCUT2D eigenvalue weighted by Gasteiger charge is -2.46. The van der Waals surface area contributed by atoms with Crippen molar-refractivity contribution < 1.29 is 13.9 Å². The topological polar surface area (TPSA) is 45.3 Å². The van der Waals surface area contributed by atoms with E-state index in [0.717, 1.165) is 73.8 Å². The molecule has 3 aromatic rings. The lowest BCUT2D eigenvalue weighted by Crippen LogP contribution is -2.51. The minimum absolute atomic E-state index is 0.0973. The summed E-state index contributed by atoms with van der Waals surface area (Å²) >= 11 is 0. The molecule has 0 aliphatic carbocycles. The van der Waals surface area contributed by atoms with Gasteiger partial charge in [-0.3, -0.25) is 4.79 Å². The molecule has 2 fully saturated rings. The summed E-state index contributed by atoms with van der Waals surface area (Å²) in [6.45, 7) is 2.19. The molecule has 1 atom stereocenters. The third-order valence-electron chi connectivity index (χ3n) is 6.77. The van der Waals surface area contributed by atoms with Crippen molar-refractivity contribution in [1.82, 2.24) is 9.88 Å². The van der Waals surface area contributed by atoms with E-state index < -0.39 is 0 Å². The van der Waals surface area contributed by atoms with Crippen molar-refractivity contribution in [3.05, 3.63) is 71.7 Å². The van der Waals surface area contributed by atoms with Crippen molar-refractivity contribution >= 4 is 16.8 Å². The molecule has 2 aromatic carbocycles. The Labute approximate surface area is 176 Å². The Hall–Kier alpha value is -2.66. The number of nitrogens with zero attached hydrogens (tertiary/aromatic N) is 1. The van der Waals surface area contributed by atoms with Crippen molar-refractivity contribution in [3.8, 4) is 0 Å². The second kappa shape index (κ2) is 7.88. The van der Waals surface area contributed by atoms with Gasteiger partial charge in [-0.25, -0.2) is 4.39 Å². The number of carbonyl (C=O) groups is 1. The van der Waals surface area contributed by atoms with Crippen LogP contribution in [-0.2, 0) is 11.2 Å². The Morgan fingerprint density at radius 2 is 2.03 bits per heavy atom. The number of piperidine rings is 1. The van der Waals surface area contributed by atoms with Crippen LogP contribution in [0.3, 0.4) is 0 Å². The summed E-state index contributed by atoms with van der Waals surface area (Å²) < 4.78 is 19.8. The van der Waals surface area contributed by atoms with Gasteiger partial charge in [-0.1, -0.05) is 12.1 Å². The molecule has 2 aliphatic heterocycles. The van der Waals surface area contributed by atoms with Crippen molar-refractivity contribution in [2.45, 2.75) is 37.7 Å². The molecular weight excluding hydrogens is 379 g/mol. The SMILES string of the molecule is O=C(c1ccc2[nH]ccc2c1)N1CCC2(CC1)CC(Cc1cccc(F)c1)CCO2. The first-order valence-corrected chi connectivity index (χ1v) is 10.9. The maximum Gasteiger partial charge on any atom is 0.253 e. The van der Waals surface area contributed by atoms with Gasteiger partial charge < -0.3 is 14.6 Å². The van der Waals surface area contributed by atoms with E-state index in [2.05, 4.69) is 4.98 Å². The van der Waals surface area contributed by atoms with Gasteiger partial charge in [-0.15, -0.1) is 0 Å². The maximum atomic E-state index is 13.5. The first kappa shape index (κ1) is 19.3. The zero-order valence-corrected chi connectivity index (χ0v) is 17.1. The second-order valence-corrected chi connectivity index (χ2v) is 8.80. The quantitative estimate of drug-likeness (QED) is 0.669. The number of halogens is 1. The smallest absolute Gasteiger partial charge is 0.253 e. The molecule has 30 heavy (non-hydrogen) atoms. The number of rotatable bonds is 3. The number of nitrogens with one attached hydrogen (secondary N) is 1. The molecule has 1 spiro atoms. The minimum Gasteiger partial charge on any atom is -0.375 e. The van der Waals surface area contributed by atoms with Crippen molar-refractivity contribution in [2.24, 2.45) is 5.92 Å². The summed E-state index contributed by atoms with van der Waals surface area (Å²) in [4.78, 5) is 18.1. The van der Waals surface area contributed by atoms with Crippen LogP contribution in [0.15, 0.2) is 54.7 Å². The molecule has 5 heteroatoms. The van der Waals surface area contributed by atoms with E-state index in [1.54, 1.807) is 12.1 Å². The Balaban J connectivity index is 1.22. The largest absolute Gasteiger partial charge is 0.375 e. The summed E-state index contributed by atoms with van der Waals surface area (Å²) in [6.07, 6.45) is 6.51. The first-order valence-electron chi connectivity index (χ1n) is 10.9. The van der Waals surface area contributed by atoms with E-state index in [-0.39, 0.29) is 17.3 Å². The number of ether oxygens (including phenoxy) is 1. The highest BCUT2D eigenvalue weighted by Gasteiger charge is 2.41. The fraction of sp³-hybridized carbons (Fsp3) is 0.400. The number of aromatic amines is 1. The third kappa shape index (κ3) is 3.86. The van der Waals surface area contributed by atoms with Gasteiger partial charge in [0.2, 0.25) is 0 Å². The van der Waals surface area contributed by atoms with Gasteiger partial charge in [0.25, 0.3) is 5.91 Å². The van der Waals surface area contributed by atoms with Gasteiger partial charge in [0.05, 0.1) is 5.60 Å². The van der Waals surface area contributed by atoms with E-state index in [0.29, 0.717) is 5.92 Å². The number of aromatic nitrogens is 1. The molecule has 2 saturated heterocycles. The number of hydrogen-bond donors (Lipinski definition) is 1. The standard InChI is InChI=1S/C25H27FN2O2/c26-22-3-1-2-18(15-22)14-19-7-13-30-25(17-19)8-11-28(12-9-25)24(29)21-4-5-23-20(16-21)6-10-27-23/h1-6,10,15-16,19,27H,7-9,11-14,17H2. The summed E-state index contributed by atoms with van der Waals surface area (Å²) in [5.41, 5.74) is 2.71. The Bertz CT molecular complexity index is 1050. The molecule has 4 nitrogen and oxygen atoms in total. The van der Waals surface area contributed by atoms with Gasteiger partial charge in [-0.2, -0.15) is 0 Å². The van der Waals surface area contributed by atoms with E-state index in [4.69, 9.17) is 4.74 Å². The third-order valence-corrected chi connectivity index (χ3v) is 6.77. The average molecular weight is 407 g/mol. The molecule has 1 unspecified atom stereocenters. The fourth-order valence-electron chi connectivity index (χ4n) is 5.14. The monoisotopic (exact) mass is 406 g/mol. The minimum atomic E-state index is -0.168. The summed E-state index contributed by atoms with van der Waals surface area (Å²) in [5.74, 6) is 0.429. The number of fused-ring (bicyclic) bond motifs is 1. The maximum absolute atomic E-state index is 13.5. The van der Waals surface area contributed by atoms with Crippen LogP contribution in [0.4, 0.5) is 4.39 Å². The normalized spacial score (nSPS) is 21.2. The number of carbonyl (C=O) groups excluding carboxylic acids is 1. The van der Waals surface area contributed by atoms with Crippen LogP contribution in [-0.4, -0.2) is 41.1 Å². The van der Waals surface area contributed by atoms with Crippen LogP contribution in [0.25, 0.3) is 10.9 Å². The highest BCUT2D eigenvalue weighted by molar-refractivity contribution is 5.98. The number of hydrogen-bond acceptors (Lipinski definition) is 2. The van der Waals surface area contributed by atoms with Crippen LogP contribution in [0.1, 0.15) is 41.6 Å². The Morgan fingerprint density at radius 3 is 2.87 bits per heavy atom. The molecule has 0 radical (unpaired) electrons. The molecule has 2 aliphatic rings. The van der Waals surface area contributed by atoms with Crippen LogP contribution in [0.5, 0.6) is 0 Å². The van der Waals surface area contributed by atoms with E-state index >= 15 is 0 Å². The van der Waals surface area contributed by atoms with Gasteiger partial charge in [0.15, 0.2) is 0 Å². The van der Waals surface area contributed by atoms with Crippen LogP contribution in [0.2, 0.25) is 0 Å². The van der Waals surface area contributed by atoms with Crippen molar-refractivity contribution in [1.29, 1.82) is 0 Å². The molecule has 156 valence electrons. The first-order chi connectivity index (χ1) is 14.6. The van der Waals surface area contributed by atoms with Crippen LogP contribution < -0.4 is 0 Å². The molecular formula is C25H27FN2O2. The Morgan fingerprint density at radius 1 is 1.17 bits per heavy atom. The molecule has 1 aromatic heterocycles. The van der Waals surface area contributed by atoms with Crippen molar-refractivity contribution in [2.75, 3.05) is 19.7 Å². The molecule has 1 N–H and O–H groups in total. The molecule has 1 amide bonds. The summed E-state index contributed by atoms with van der Waals surface area (Å²) in [5, 5.41) is 1.06. The molecule has 3 heterocycles. The zero-order chi connectivity index (χ0) is 20.6. The second-order valence-electron chi connectivity index (χ2n) is 8.80. The predicted molar refractivity (Wildman–Crippen MR) is 115 cm³/mol. The fourth-order valence-corrected chi connectivity index (χ4v) is 5.14. The summed E-state index contributed by atoms with van der Waals surface area (Å²) in [6, 6.07) is 14.8. The van der Waals surface area contributed by atoms with Crippen LogP contribution >= 0.6 is 0 Å². The van der Waals surface area contributed by atoms with Crippen molar-refractivity contribution in [3.63, 3.8) is 0 Å². The lowest BCUT2D eigenvalue weighted by molar-refractivity contribution is -0.123. The van der Waals surface area contributed by atoms with Crippen LogP contribution in [0, 0.1) is 11.7 Å². The molecule has 5 rings (SSSR count). The van der Waals surface area contributed by atoms with Gasteiger partial charge in [-0.05, 0) is 80.0 Å². The number of H-pyrrole nitrogens is 1. The van der Waals surface area contributed by atoms with Gasteiger partial charge in [0, 0.05) is 42.4 Å². The average Bonchev–Trinajstić information content (AvgIpc) is 3.22. The van der Waals surface area contributed by atoms with E-state index in [1.807, 2.05) is 41.4 Å². The number of amides is 1. The Kier molecular flexibility index (Phi) is 5.07. The van der Waals surface area contributed by atoms with E-state index in [1.165, 1.54) is 6.07 Å². The summed E-state index contributed by atoms with van der Waals surface area (Å²) in [7, 11) is 0. The highest BCUT2D eigenvalue weighted by atomic mass is 19.1. The molecule has 0 saturated carbocycles. The predicted octanol–water partition coefficient (Wildman–Crippen LogP) is 4.95. The lowest BCUT2D eigenvalue weighted by atomic mass is 9.77. The van der Waals surface area contributed by atoms with E-state index in [9.17, 15) is 9.18 Å². The van der Waals surface area contributed by atoms with Gasteiger partial charge >= 0.3 is 0 Å². The number of benzene rings is 2. The molecule has 0 bridgehead atoms. The zero-order valence-electron chi connectivity index (χ0n) is 17.1.